The molecule has 0 bridgehead atoms. The van der Waals surface area contributed by atoms with Crippen LogP contribution in [0.25, 0.3) is 10.2 Å². The second kappa shape index (κ2) is 8.09. The maximum Gasteiger partial charge on any atom is 0.317 e. The molecule has 0 amide bonds. The van der Waals surface area contributed by atoms with Crippen molar-refractivity contribution in [3.05, 3.63) is 56.2 Å². The van der Waals surface area contributed by atoms with Crippen LogP contribution in [0.2, 0.25) is 0 Å². The summed E-state index contributed by atoms with van der Waals surface area (Å²) < 4.78 is 0. The topological polar surface area (TPSA) is 83.0 Å². The summed E-state index contributed by atoms with van der Waals surface area (Å²) in [5.74, 6) is -0.884. The van der Waals surface area contributed by atoms with Crippen LogP contribution in [0.15, 0.2) is 34.2 Å². The van der Waals surface area contributed by atoms with E-state index in [0.717, 1.165) is 53.4 Å². The Labute approximate surface area is 171 Å². The quantitative estimate of drug-likeness (QED) is 0.463. The first-order valence-corrected chi connectivity index (χ1v) is 11.2. The third-order valence-electron chi connectivity index (χ3n) is 5.15. The van der Waals surface area contributed by atoms with Crippen LogP contribution in [0.3, 0.4) is 0 Å². The molecule has 0 fully saturated rings. The Hall–Kier alpha value is -2.12. The van der Waals surface area contributed by atoms with Crippen molar-refractivity contribution in [2.75, 3.05) is 0 Å². The summed E-state index contributed by atoms with van der Waals surface area (Å²) in [7, 11) is 0. The Kier molecular flexibility index (Phi) is 5.55. The maximum atomic E-state index is 12.6. The standard InChI is InChI=1S/C21H22N2O3S2/c1-12-6-8-13(9-7-12)10-11-16(20(25)26)28-21-22-18(24)17-14-4-2-3-5-15(14)27-19(17)23-21/h6-9,16H,2-5,10-11H2,1H3,(H,25,26)(H,22,23,24). The zero-order chi connectivity index (χ0) is 19.7. The molecule has 0 saturated carbocycles. The van der Waals surface area contributed by atoms with E-state index in [1.807, 2.05) is 31.2 Å². The monoisotopic (exact) mass is 414 g/mol. The molecule has 5 nitrogen and oxygen atoms in total. The van der Waals surface area contributed by atoms with Gasteiger partial charge in [-0.25, -0.2) is 4.98 Å². The van der Waals surface area contributed by atoms with Crippen LogP contribution in [-0.2, 0) is 24.1 Å². The van der Waals surface area contributed by atoms with Crippen LogP contribution in [-0.4, -0.2) is 26.3 Å². The number of hydrogen-bond acceptors (Lipinski definition) is 5. The van der Waals surface area contributed by atoms with Crippen molar-refractivity contribution in [1.29, 1.82) is 0 Å². The Morgan fingerprint density at radius 1 is 1.29 bits per heavy atom. The van der Waals surface area contributed by atoms with Gasteiger partial charge in [0.1, 0.15) is 10.1 Å². The fourth-order valence-corrected chi connectivity index (χ4v) is 5.84. The number of carboxylic acid groups (broad SMARTS) is 1. The minimum absolute atomic E-state index is 0.144. The smallest absolute Gasteiger partial charge is 0.317 e. The summed E-state index contributed by atoms with van der Waals surface area (Å²) >= 11 is 2.72. The number of rotatable bonds is 6. The van der Waals surface area contributed by atoms with Gasteiger partial charge < -0.3 is 10.1 Å². The van der Waals surface area contributed by atoms with Crippen LogP contribution in [0.4, 0.5) is 0 Å². The van der Waals surface area contributed by atoms with Crippen molar-refractivity contribution in [3.8, 4) is 0 Å². The minimum Gasteiger partial charge on any atom is -0.480 e. The van der Waals surface area contributed by atoms with Crippen LogP contribution in [0.1, 0.15) is 40.8 Å². The molecular weight excluding hydrogens is 392 g/mol. The summed E-state index contributed by atoms with van der Waals surface area (Å²) in [5.41, 5.74) is 3.29. The fraction of sp³-hybridized carbons (Fsp3) is 0.381. The summed E-state index contributed by atoms with van der Waals surface area (Å²) in [6.45, 7) is 2.03. The number of benzene rings is 1. The highest BCUT2D eigenvalue weighted by atomic mass is 32.2. The molecular formula is C21H22N2O3S2. The molecule has 2 N–H and O–H groups in total. The highest BCUT2D eigenvalue weighted by molar-refractivity contribution is 8.00. The van der Waals surface area contributed by atoms with E-state index < -0.39 is 11.2 Å². The number of aromatic amines is 1. The number of hydrogen-bond donors (Lipinski definition) is 2. The molecule has 146 valence electrons. The van der Waals surface area contributed by atoms with E-state index in [4.69, 9.17) is 0 Å². The second-order valence-electron chi connectivity index (χ2n) is 7.23. The average molecular weight is 415 g/mol. The Balaban J connectivity index is 1.55. The van der Waals surface area contributed by atoms with E-state index >= 15 is 0 Å². The number of carbonyl (C=O) groups is 1. The number of H-pyrrole nitrogens is 1. The van der Waals surface area contributed by atoms with E-state index in [-0.39, 0.29) is 5.56 Å². The van der Waals surface area contributed by atoms with Crippen LogP contribution in [0.5, 0.6) is 0 Å². The summed E-state index contributed by atoms with van der Waals surface area (Å²) in [6, 6.07) is 8.12. The second-order valence-corrected chi connectivity index (χ2v) is 9.51. The van der Waals surface area contributed by atoms with Gasteiger partial charge in [0.2, 0.25) is 0 Å². The fourth-order valence-electron chi connectivity index (χ4n) is 3.62. The molecule has 3 aromatic rings. The van der Waals surface area contributed by atoms with E-state index in [1.54, 1.807) is 11.3 Å². The summed E-state index contributed by atoms with van der Waals surface area (Å²) in [4.78, 5) is 33.8. The van der Waals surface area contributed by atoms with Crippen LogP contribution >= 0.6 is 23.1 Å². The van der Waals surface area contributed by atoms with Gasteiger partial charge >= 0.3 is 5.97 Å². The van der Waals surface area contributed by atoms with Gasteiger partial charge in [0, 0.05) is 4.88 Å². The molecule has 4 rings (SSSR count). The molecule has 1 aromatic carbocycles. The van der Waals surface area contributed by atoms with Gasteiger partial charge in [0.15, 0.2) is 5.16 Å². The largest absolute Gasteiger partial charge is 0.480 e. The molecule has 0 aliphatic heterocycles. The zero-order valence-electron chi connectivity index (χ0n) is 15.7. The molecule has 7 heteroatoms. The van der Waals surface area contributed by atoms with Crippen molar-refractivity contribution in [2.45, 2.75) is 55.9 Å². The lowest BCUT2D eigenvalue weighted by atomic mass is 9.97. The van der Waals surface area contributed by atoms with Crippen molar-refractivity contribution in [2.24, 2.45) is 0 Å². The molecule has 1 unspecified atom stereocenters. The molecule has 0 spiro atoms. The third-order valence-corrected chi connectivity index (χ3v) is 7.47. The number of fused-ring (bicyclic) bond motifs is 3. The average Bonchev–Trinajstić information content (AvgIpc) is 3.05. The lowest BCUT2D eigenvalue weighted by Crippen LogP contribution is -2.19. The Morgan fingerprint density at radius 3 is 2.79 bits per heavy atom. The van der Waals surface area contributed by atoms with Gasteiger partial charge in [-0.3, -0.25) is 9.59 Å². The molecule has 2 aromatic heterocycles. The molecule has 2 heterocycles. The molecule has 0 saturated heterocycles. The first-order valence-electron chi connectivity index (χ1n) is 9.51. The Bertz CT molecular complexity index is 1070. The third kappa shape index (κ3) is 4.00. The first kappa shape index (κ1) is 19.2. The van der Waals surface area contributed by atoms with E-state index in [2.05, 4.69) is 9.97 Å². The predicted molar refractivity (Wildman–Crippen MR) is 114 cm³/mol. The highest BCUT2D eigenvalue weighted by Crippen LogP contribution is 2.34. The van der Waals surface area contributed by atoms with Crippen molar-refractivity contribution < 1.29 is 9.90 Å². The van der Waals surface area contributed by atoms with Crippen molar-refractivity contribution in [1.82, 2.24) is 9.97 Å². The van der Waals surface area contributed by atoms with Gasteiger partial charge in [0.05, 0.1) is 5.39 Å². The number of nitrogens with zero attached hydrogens (tertiary/aromatic N) is 1. The number of carboxylic acids is 1. The normalized spacial score (nSPS) is 14.8. The van der Waals surface area contributed by atoms with Crippen molar-refractivity contribution in [3.63, 3.8) is 0 Å². The maximum absolute atomic E-state index is 12.6. The zero-order valence-corrected chi connectivity index (χ0v) is 17.3. The van der Waals surface area contributed by atoms with Crippen LogP contribution in [0, 0.1) is 6.92 Å². The lowest BCUT2D eigenvalue weighted by Gasteiger charge is -2.12. The van der Waals surface area contributed by atoms with Gasteiger partial charge in [0.25, 0.3) is 5.56 Å². The highest BCUT2D eigenvalue weighted by Gasteiger charge is 2.23. The molecule has 1 aliphatic rings. The summed E-state index contributed by atoms with van der Waals surface area (Å²) in [5, 5.41) is 10.1. The SMILES string of the molecule is Cc1ccc(CCC(Sc2nc3sc4c(c3c(=O)[nH]2)CCCC4)C(=O)O)cc1. The predicted octanol–water partition coefficient (Wildman–Crippen LogP) is 4.35. The molecule has 1 atom stereocenters. The Morgan fingerprint density at radius 2 is 2.04 bits per heavy atom. The van der Waals surface area contributed by atoms with E-state index in [9.17, 15) is 14.7 Å². The molecule has 28 heavy (non-hydrogen) atoms. The number of aryl methyl sites for hydroxylation is 4. The van der Waals surface area contributed by atoms with Gasteiger partial charge in [-0.2, -0.15) is 0 Å². The molecule has 1 aliphatic carbocycles. The van der Waals surface area contributed by atoms with Crippen molar-refractivity contribution >= 4 is 39.3 Å². The first-order chi connectivity index (χ1) is 13.5. The minimum atomic E-state index is -0.884. The number of thioether (sulfide) groups is 1. The number of nitrogens with one attached hydrogen (secondary N) is 1. The van der Waals surface area contributed by atoms with Gasteiger partial charge in [-0.05, 0) is 56.6 Å². The number of aromatic nitrogens is 2. The van der Waals surface area contributed by atoms with E-state index in [0.29, 0.717) is 23.4 Å². The van der Waals surface area contributed by atoms with Gasteiger partial charge in [-0.15, -0.1) is 11.3 Å². The number of thiophene rings is 1. The van der Waals surface area contributed by atoms with Gasteiger partial charge in [-0.1, -0.05) is 41.6 Å². The summed E-state index contributed by atoms with van der Waals surface area (Å²) in [6.07, 6.45) is 5.34. The van der Waals surface area contributed by atoms with E-state index in [1.165, 1.54) is 10.4 Å². The van der Waals surface area contributed by atoms with Crippen LogP contribution < -0.4 is 5.56 Å². The molecule has 0 radical (unpaired) electrons. The number of aliphatic carboxylic acids is 1. The lowest BCUT2D eigenvalue weighted by molar-refractivity contribution is -0.136.